The largest absolute Gasteiger partial charge is 0.493 e. The number of amides is 2. The Kier molecular flexibility index (Phi) is 6.13. The van der Waals surface area contributed by atoms with E-state index in [1.807, 2.05) is 17.0 Å². The van der Waals surface area contributed by atoms with E-state index in [4.69, 9.17) is 9.47 Å². The molecule has 0 radical (unpaired) electrons. The van der Waals surface area contributed by atoms with E-state index in [-0.39, 0.29) is 6.03 Å². The second-order valence-electron chi connectivity index (χ2n) is 6.42. The quantitative estimate of drug-likeness (QED) is 0.819. The first-order valence-corrected chi connectivity index (χ1v) is 8.31. The molecule has 1 N–H and O–H groups in total. The SMILES string of the molecule is COc1cc2c(cc1OC)CN(C(=O)NCCCC(C)C)CC2. The van der Waals surface area contributed by atoms with Gasteiger partial charge in [0, 0.05) is 19.6 Å². The number of nitrogens with zero attached hydrogens (tertiary/aromatic N) is 1. The lowest BCUT2D eigenvalue weighted by molar-refractivity contribution is 0.192. The number of nitrogens with one attached hydrogen (secondary N) is 1. The van der Waals surface area contributed by atoms with E-state index in [0.717, 1.165) is 43.7 Å². The average molecular weight is 320 g/mol. The molecule has 0 spiro atoms. The highest BCUT2D eigenvalue weighted by atomic mass is 16.5. The second kappa shape index (κ2) is 8.09. The minimum absolute atomic E-state index is 0.0224. The molecular formula is C18H28N2O3. The van der Waals surface area contributed by atoms with Gasteiger partial charge in [0.05, 0.1) is 14.2 Å². The van der Waals surface area contributed by atoms with Gasteiger partial charge in [-0.15, -0.1) is 0 Å². The van der Waals surface area contributed by atoms with Crippen LogP contribution in [0, 0.1) is 5.92 Å². The number of benzene rings is 1. The molecule has 2 rings (SSSR count). The van der Waals surface area contributed by atoms with Crippen LogP contribution in [-0.4, -0.2) is 38.2 Å². The van der Waals surface area contributed by atoms with Gasteiger partial charge in [-0.3, -0.25) is 0 Å². The lowest BCUT2D eigenvalue weighted by atomic mass is 9.99. The van der Waals surface area contributed by atoms with Crippen LogP contribution in [0.1, 0.15) is 37.8 Å². The Morgan fingerprint density at radius 2 is 1.87 bits per heavy atom. The lowest BCUT2D eigenvalue weighted by Gasteiger charge is -2.29. The number of rotatable bonds is 6. The zero-order valence-corrected chi connectivity index (χ0v) is 14.6. The molecule has 0 fully saturated rings. The maximum Gasteiger partial charge on any atom is 0.317 e. The van der Waals surface area contributed by atoms with Gasteiger partial charge in [0.2, 0.25) is 0 Å². The highest BCUT2D eigenvalue weighted by Crippen LogP contribution is 2.33. The van der Waals surface area contributed by atoms with Gasteiger partial charge < -0.3 is 19.7 Å². The van der Waals surface area contributed by atoms with Crippen molar-refractivity contribution in [1.29, 1.82) is 0 Å². The van der Waals surface area contributed by atoms with Gasteiger partial charge in [-0.1, -0.05) is 13.8 Å². The van der Waals surface area contributed by atoms with Gasteiger partial charge in [0.1, 0.15) is 0 Å². The Morgan fingerprint density at radius 1 is 1.22 bits per heavy atom. The fourth-order valence-electron chi connectivity index (χ4n) is 2.87. The van der Waals surface area contributed by atoms with E-state index in [2.05, 4.69) is 19.2 Å². The number of hydrogen-bond acceptors (Lipinski definition) is 3. The molecular weight excluding hydrogens is 292 g/mol. The second-order valence-corrected chi connectivity index (χ2v) is 6.42. The smallest absolute Gasteiger partial charge is 0.317 e. The molecule has 23 heavy (non-hydrogen) atoms. The molecule has 1 aromatic rings. The van der Waals surface area contributed by atoms with Crippen molar-refractivity contribution >= 4 is 6.03 Å². The van der Waals surface area contributed by atoms with Gasteiger partial charge >= 0.3 is 6.03 Å². The van der Waals surface area contributed by atoms with E-state index in [9.17, 15) is 4.79 Å². The molecule has 1 aliphatic rings. The van der Waals surface area contributed by atoms with Crippen molar-refractivity contribution in [2.45, 2.75) is 39.7 Å². The molecule has 0 saturated heterocycles. The summed E-state index contributed by atoms with van der Waals surface area (Å²) in [4.78, 5) is 14.2. The average Bonchev–Trinajstić information content (AvgIpc) is 2.56. The normalized spacial score (nSPS) is 13.7. The van der Waals surface area contributed by atoms with Crippen LogP contribution >= 0.6 is 0 Å². The zero-order chi connectivity index (χ0) is 16.8. The minimum Gasteiger partial charge on any atom is -0.493 e. The van der Waals surface area contributed by atoms with E-state index < -0.39 is 0 Å². The summed E-state index contributed by atoms with van der Waals surface area (Å²) >= 11 is 0. The van der Waals surface area contributed by atoms with Gasteiger partial charge in [0.15, 0.2) is 11.5 Å². The minimum atomic E-state index is 0.0224. The number of urea groups is 1. The zero-order valence-electron chi connectivity index (χ0n) is 14.6. The topological polar surface area (TPSA) is 50.8 Å². The summed E-state index contributed by atoms with van der Waals surface area (Å²) in [6, 6.07) is 4.02. The standard InChI is InChI=1S/C18H28N2O3/c1-13(2)6-5-8-19-18(21)20-9-7-14-10-16(22-3)17(23-4)11-15(14)12-20/h10-11,13H,5-9,12H2,1-4H3,(H,19,21). The molecule has 1 aromatic carbocycles. The summed E-state index contributed by atoms with van der Waals surface area (Å²) < 4.78 is 10.7. The number of carbonyl (C=O) groups is 1. The third kappa shape index (κ3) is 4.53. The number of carbonyl (C=O) groups excluding carboxylic acids is 1. The number of ether oxygens (including phenoxy) is 2. The fraction of sp³-hybridized carbons (Fsp3) is 0.611. The van der Waals surface area contributed by atoms with Gasteiger partial charge in [-0.05, 0) is 48.4 Å². The number of fused-ring (bicyclic) bond motifs is 1. The Morgan fingerprint density at radius 3 is 2.48 bits per heavy atom. The van der Waals surface area contributed by atoms with Crippen molar-refractivity contribution in [2.75, 3.05) is 27.3 Å². The van der Waals surface area contributed by atoms with Crippen LogP contribution in [0.25, 0.3) is 0 Å². The summed E-state index contributed by atoms with van der Waals surface area (Å²) in [5.74, 6) is 2.14. The Bertz CT molecular complexity index is 543. The van der Waals surface area contributed by atoms with Crippen molar-refractivity contribution < 1.29 is 14.3 Å². The molecule has 2 amide bonds. The summed E-state index contributed by atoms with van der Waals surface area (Å²) in [5, 5.41) is 3.02. The summed E-state index contributed by atoms with van der Waals surface area (Å²) in [6.45, 7) is 6.49. The van der Waals surface area contributed by atoms with Crippen LogP contribution in [0.15, 0.2) is 12.1 Å². The Labute approximate surface area is 139 Å². The van der Waals surface area contributed by atoms with Crippen molar-refractivity contribution in [3.8, 4) is 11.5 Å². The lowest BCUT2D eigenvalue weighted by Crippen LogP contribution is -2.43. The van der Waals surface area contributed by atoms with E-state index in [0.29, 0.717) is 18.2 Å². The van der Waals surface area contributed by atoms with Crippen LogP contribution in [-0.2, 0) is 13.0 Å². The Balaban J connectivity index is 1.95. The van der Waals surface area contributed by atoms with E-state index in [1.54, 1.807) is 14.2 Å². The third-order valence-electron chi connectivity index (χ3n) is 4.24. The highest BCUT2D eigenvalue weighted by molar-refractivity contribution is 5.74. The summed E-state index contributed by atoms with van der Waals surface area (Å²) in [5.41, 5.74) is 2.36. The molecule has 1 heterocycles. The van der Waals surface area contributed by atoms with Gasteiger partial charge in [-0.2, -0.15) is 0 Å². The van der Waals surface area contributed by atoms with E-state index >= 15 is 0 Å². The molecule has 0 atom stereocenters. The van der Waals surface area contributed by atoms with Crippen molar-refractivity contribution in [3.63, 3.8) is 0 Å². The van der Waals surface area contributed by atoms with Crippen LogP contribution in [0.3, 0.4) is 0 Å². The maximum absolute atomic E-state index is 12.3. The van der Waals surface area contributed by atoms with Gasteiger partial charge in [0.25, 0.3) is 0 Å². The van der Waals surface area contributed by atoms with Crippen molar-refractivity contribution in [2.24, 2.45) is 5.92 Å². The number of hydrogen-bond donors (Lipinski definition) is 1. The molecule has 0 aliphatic carbocycles. The summed E-state index contributed by atoms with van der Waals surface area (Å²) in [7, 11) is 3.27. The van der Waals surface area contributed by atoms with Gasteiger partial charge in [-0.25, -0.2) is 4.79 Å². The van der Waals surface area contributed by atoms with Crippen LogP contribution in [0.5, 0.6) is 11.5 Å². The fourth-order valence-corrected chi connectivity index (χ4v) is 2.87. The molecule has 1 aliphatic heterocycles. The molecule has 0 unspecified atom stereocenters. The van der Waals surface area contributed by atoms with E-state index in [1.165, 1.54) is 5.56 Å². The molecule has 0 aromatic heterocycles. The first-order chi connectivity index (χ1) is 11.0. The molecule has 5 nitrogen and oxygen atoms in total. The number of methoxy groups -OCH3 is 2. The molecule has 0 saturated carbocycles. The predicted molar refractivity (Wildman–Crippen MR) is 91.1 cm³/mol. The van der Waals surface area contributed by atoms with Crippen LogP contribution in [0.4, 0.5) is 4.79 Å². The summed E-state index contributed by atoms with van der Waals surface area (Å²) in [6.07, 6.45) is 3.01. The van der Waals surface area contributed by atoms with Crippen LogP contribution < -0.4 is 14.8 Å². The third-order valence-corrected chi connectivity index (χ3v) is 4.24. The predicted octanol–water partition coefficient (Wildman–Crippen LogP) is 3.21. The van der Waals surface area contributed by atoms with Crippen molar-refractivity contribution in [1.82, 2.24) is 10.2 Å². The highest BCUT2D eigenvalue weighted by Gasteiger charge is 2.22. The maximum atomic E-state index is 12.3. The monoisotopic (exact) mass is 320 g/mol. The molecule has 5 heteroatoms. The van der Waals surface area contributed by atoms with Crippen LogP contribution in [0.2, 0.25) is 0 Å². The Hall–Kier alpha value is -1.91. The molecule has 0 bridgehead atoms. The van der Waals surface area contributed by atoms with Crippen molar-refractivity contribution in [3.05, 3.63) is 23.3 Å². The first kappa shape index (κ1) is 17.4. The molecule has 128 valence electrons. The first-order valence-electron chi connectivity index (χ1n) is 8.31.